The average molecular weight is 543 g/mol. The molecule has 0 unspecified atom stereocenters. The highest BCUT2D eigenvalue weighted by Gasteiger charge is 2.33. The third kappa shape index (κ3) is 4.88. The standard InChI is InChI=1S/C30H26N2O6S/c1-5-37-29(36)25-18(4)31-30-32(26(25)19-9-6-16(2)7-10-19)27(33)24(39-30)15-21-12-13-23(38-21)22-14-20(28(34)35)11-8-17(22)3/h6-15,26H,5H2,1-4H3,(H,34,35)/b24-15+/t26-/m1/s1. The van der Waals surface area contributed by atoms with Gasteiger partial charge in [-0.1, -0.05) is 47.2 Å². The molecule has 1 atom stereocenters. The molecule has 0 saturated heterocycles. The van der Waals surface area contributed by atoms with Crippen LogP contribution in [0.1, 0.15) is 52.7 Å². The number of nitrogens with zero attached hydrogens (tertiary/aromatic N) is 2. The lowest BCUT2D eigenvalue weighted by Gasteiger charge is -2.24. The number of rotatable bonds is 6. The molecule has 5 rings (SSSR count). The minimum atomic E-state index is -1.02. The lowest BCUT2D eigenvalue weighted by Crippen LogP contribution is -2.39. The smallest absolute Gasteiger partial charge is 0.338 e. The van der Waals surface area contributed by atoms with Crippen LogP contribution in [0.2, 0.25) is 0 Å². The number of benzene rings is 2. The second-order valence-electron chi connectivity index (χ2n) is 9.25. The van der Waals surface area contributed by atoms with E-state index in [-0.39, 0.29) is 17.7 Å². The molecule has 9 heteroatoms. The van der Waals surface area contributed by atoms with Crippen molar-refractivity contribution in [3.63, 3.8) is 0 Å². The van der Waals surface area contributed by atoms with Crippen molar-refractivity contribution in [1.82, 2.24) is 4.57 Å². The first-order chi connectivity index (χ1) is 18.7. The Labute approximate surface area is 227 Å². The van der Waals surface area contributed by atoms with Crippen LogP contribution in [0.4, 0.5) is 0 Å². The Morgan fingerprint density at radius 3 is 2.54 bits per heavy atom. The number of thiazole rings is 1. The van der Waals surface area contributed by atoms with E-state index >= 15 is 0 Å². The molecule has 198 valence electrons. The molecule has 1 aliphatic heterocycles. The summed E-state index contributed by atoms with van der Waals surface area (Å²) < 4.78 is 13.3. The number of furan rings is 1. The largest absolute Gasteiger partial charge is 0.478 e. The summed E-state index contributed by atoms with van der Waals surface area (Å²) in [4.78, 5) is 43.2. The van der Waals surface area contributed by atoms with E-state index in [1.807, 2.05) is 38.1 Å². The fourth-order valence-electron chi connectivity index (χ4n) is 4.58. The molecule has 2 aromatic carbocycles. The molecule has 0 fully saturated rings. The van der Waals surface area contributed by atoms with Crippen LogP contribution < -0.4 is 14.9 Å². The Bertz CT molecular complexity index is 1820. The van der Waals surface area contributed by atoms with E-state index in [9.17, 15) is 19.5 Å². The Morgan fingerprint density at radius 1 is 1.10 bits per heavy atom. The summed E-state index contributed by atoms with van der Waals surface area (Å²) in [5.74, 6) is -0.603. The SMILES string of the molecule is CCOC(=O)C1=C(C)N=c2s/c(=C/c3ccc(-c4cc(C(=O)O)ccc4C)o3)c(=O)n2[C@@H]1c1ccc(C)cc1. The molecular weight excluding hydrogens is 516 g/mol. The molecule has 1 N–H and O–H groups in total. The number of aryl methyl sites for hydroxylation is 2. The summed E-state index contributed by atoms with van der Waals surface area (Å²) in [6, 6.07) is 15.3. The first kappa shape index (κ1) is 26.1. The molecule has 39 heavy (non-hydrogen) atoms. The van der Waals surface area contributed by atoms with Gasteiger partial charge in [0, 0.05) is 11.6 Å². The highest BCUT2D eigenvalue weighted by Crippen LogP contribution is 2.31. The number of ether oxygens (including phenoxy) is 1. The Morgan fingerprint density at radius 2 is 1.85 bits per heavy atom. The Balaban J connectivity index is 1.62. The van der Waals surface area contributed by atoms with Crippen molar-refractivity contribution < 1.29 is 23.8 Å². The number of aromatic nitrogens is 1. The summed E-state index contributed by atoms with van der Waals surface area (Å²) in [7, 11) is 0. The molecule has 0 aliphatic carbocycles. The number of carboxylic acids is 1. The van der Waals surface area contributed by atoms with Gasteiger partial charge in [-0.3, -0.25) is 9.36 Å². The Hall–Kier alpha value is -4.50. The number of carboxylic acid groups (broad SMARTS) is 1. The van der Waals surface area contributed by atoms with Gasteiger partial charge in [0.05, 0.1) is 34.0 Å². The third-order valence-corrected chi connectivity index (χ3v) is 7.54. The van der Waals surface area contributed by atoms with E-state index < -0.39 is 18.0 Å². The van der Waals surface area contributed by atoms with E-state index in [4.69, 9.17) is 9.15 Å². The lowest BCUT2D eigenvalue weighted by atomic mass is 9.95. The number of carbonyl (C=O) groups excluding carboxylic acids is 1. The van der Waals surface area contributed by atoms with Gasteiger partial charge in [0.25, 0.3) is 5.56 Å². The van der Waals surface area contributed by atoms with E-state index in [0.717, 1.165) is 16.7 Å². The fourth-order valence-corrected chi connectivity index (χ4v) is 5.61. The minimum Gasteiger partial charge on any atom is -0.478 e. The van der Waals surface area contributed by atoms with Gasteiger partial charge in [-0.05, 0) is 63.1 Å². The summed E-state index contributed by atoms with van der Waals surface area (Å²) >= 11 is 1.21. The van der Waals surface area contributed by atoms with E-state index in [2.05, 4.69) is 4.99 Å². The van der Waals surface area contributed by atoms with Crippen molar-refractivity contribution in [1.29, 1.82) is 0 Å². The fraction of sp³-hybridized carbons (Fsp3) is 0.200. The van der Waals surface area contributed by atoms with Crippen LogP contribution in [-0.4, -0.2) is 28.2 Å². The zero-order valence-electron chi connectivity index (χ0n) is 21.8. The number of esters is 1. The molecule has 2 aromatic heterocycles. The second-order valence-corrected chi connectivity index (χ2v) is 10.3. The van der Waals surface area contributed by atoms with Crippen LogP contribution in [0.25, 0.3) is 17.4 Å². The zero-order chi connectivity index (χ0) is 27.8. The van der Waals surface area contributed by atoms with Gasteiger partial charge < -0.3 is 14.3 Å². The first-order valence-corrected chi connectivity index (χ1v) is 13.2. The number of hydrogen-bond acceptors (Lipinski definition) is 7. The van der Waals surface area contributed by atoms with Crippen LogP contribution >= 0.6 is 11.3 Å². The second kappa shape index (κ2) is 10.3. The number of allylic oxidation sites excluding steroid dienone is 1. The normalized spacial score (nSPS) is 15.2. The van der Waals surface area contributed by atoms with Crippen molar-refractivity contribution in [3.8, 4) is 11.3 Å². The molecule has 0 amide bonds. The van der Waals surface area contributed by atoms with Gasteiger partial charge in [0.1, 0.15) is 11.5 Å². The van der Waals surface area contributed by atoms with Crippen molar-refractivity contribution in [2.45, 2.75) is 33.7 Å². The molecule has 0 spiro atoms. The van der Waals surface area contributed by atoms with Gasteiger partial charge in [-0.25, -0.2) is 14.6 Å². The molecule has 4 aromatic rings. The lowest BCUT2D eigenvalue weighted by molar-refractivity contribution is -0.139. The van der Waals surface area contributed by atoms with Gasteiger partial charge in [-0.15, -0.1) is 0 Å². The minimum absolute atomic E-state index is 0.158. The van der Waals surface area contributed by atoms with Crippen LogP contribution in [-0.2, 0) is 9.53 Å². The summed E-state index contributed by atoms with van der Waals surface area (Å²) in [6.07, 6.45) is 1.64. The highest BCUT2D eigenvalue weighted by atomic mass is 32.1. The molecule has 1 aliphatic rings. The maximum absolute atomic E-state index is 13.8. The quantitative estimate of drug-likeness (QED) is 0.362. The molecule has 0 bridgehead atoms. The van der Waals surface area contributed by atoms with Gasteiger partial charge >= 0.3 is 11.9 Å². The summed E-state index contributed by atoms with van der Waals surface area (Å²) in [5.41, 5.74) is 4.04. The van der Waals surface area contributed by atoms with E-state index in [0.29, 0.717) is 37.7 Å². The number of aromatic carboxylic acids is 1. The molecule has 0 saturated carbocycles. The van der Waals surface area contributed by atoms with Gasteiger partial charge in [0.15, 0.2) is 4.80 Å². The monoisotopic (exact) mass is 542 g/mol. The third-order valence-electron chi connectivity index (χ3n) is 6.56. The van der Waals surface area contributed by atoms with Crippen LogP contribution in [0.3, 0.4) is 0 Å². The predicted molar refractivity (Wildman–Crippen MR) is 147 cm³/mol. The number of hydrogen-bond donors (Lipinski definition) is 1. The van der Waals surface area contributed by atoms with E-state index in [1.54, 1.807) is 50.3 Å². The van der Waals surface area contributed by atoms with E-state index in [1.165, 1.54) is 15.9 Å². The zero-order valence-corrected chi connectivity index (χ0v) is 22.7. The molecular formula is C30H26N2O6S. The first-order valence-electron chi connectivity index (χ1n) is 12.4. The maximum Gasteiger partial charge on any atom is 0.338 e. The van der Waals surface area contributed by atoms with Crippen LogP contribution in [0.15, 0.2) is 80.1 Å². The summed E-state index contributed by atoms with van der Waals surface area (Å²) in [6.45, 7) is 7.53. The van der Waals surface area contributed by atoms with Crippen LogP contribution in [0.5, 0.6) is 0 Å². The van der Waals surface area contributed by atoms with Crippen molar-refractivity contribution in [3.05, 3.63) is 114 Å². The molecule has 0 radical (unpaired) electrons. The van der Waals surface area contributed by atoms with Crippen molar-refractivity contribution in [2.24, 2.45) is 4.99 Å². The number of fused-ring (bicyclic) bond motifs is 1. The Kier molecular flexibility index (Phi) is 6.93. The topological polar surface area (TPSA) is 111 Å². The van der Waals surface area contributed by atoms with Crippen LogP contribution in [0, 0.1) is 13.8 Å². The van der Waals surface area contributed by atoms with Crippen molar-refractivity contribution >= 4 is 29.4 Å². The van der Waals surface area contributed by atoms with Gasteiger partial charge in [0.2, 0.25) is 0 Å². The number of carbonyl (C=O) groups is 2. The highest BCUT2D eigenvalue weighted by molar-refractivity contribution is 7.07. The van der Waals surface area contributed by atoms with Gasteiger partial charge in [-0.2, -0.15) is 0 Å². The summed E-state index contributed by atoms with van der Waals surface area (Å²) in [5, 5.41) is 9.36. The molecule has 8 nitrogen and oxygen atoms in total. The maximum atomic E-state index is 13.8. The average Bonchev–Trinajstić information content (AvgIpc) is 3.48. The molecule has 3 heterocycles. The predicted octanol–water partition coefficient (Wildman–Crippen LogP) is 4.37. The van der Waals surface area contributed by atoms with Crippen molar-refractivity contribution in [2.75, 3.05) is 6.61 Å².